The van der Waals surface area contributed by atoms with Gasteiger partial charge in [0.15, 0.2) is 17.3 Å². The van der Waals surface area contributed by atoms with E-state index in [1.165, 1.54) is 0 Å². The second-order valence-electron chi connectivity index (χ2n) is 10.0. The summed E-state index contributed by atoms with van der Waals surface area (Å²) in [5, 5.41) is 45.6. The average molecular weight is 542 g/mol. The van der Waals surface area contributed by atoms with E-state index in [-0.39, 0.29) is 29.6 Å². The van der Waals surface area contributed by atoms with Crippen molar-refractivity contribution in [2.75, 3.05) is 7.11 Å². The minimum Gasteiger partial charge on any atom is -0.507 e. The van der Waals surface area contributed by atoms with Crippen molar-refractivity contribution in [3.8, 4) is 17.2 Å². The Balaban J connectivity index is 1.59. The molecule has 0 radical (unpaired) electrons. The van der Waals surface area contributed by atoms with E-state index in [0.29, 0.717) is 16.6 Å². The fourth-order valence-corrected chi connectivity index (χ4v) is 6.33. The molecule has 0 bridgehead atoms. The van der Waals surface area contributed by atoms with Crippen LogP contribution in [0.3, 0.4) is 0 Å². The van der Waals surface area contributed by atoms with Gasteiger partial charge in [0.1, 0.15) is 23.4 Å². The number of Topliss-reactive ketones (excluding diaryl/α,β-unsaturated/α-hetero) is 2. The maximum absolute atomic E-state index is 14.1. The number of methoxy groups -OCH3 is 1. The Morgan fingerprint density at radius 3 is 2.45 bits per heavy atom. The predicted octanol–water partition coefficient (Wildman–Crippen LogP) is 3.26. The number of pyridine rings is 1. The van der Waals surface area contributed by atoms with Gasteiger partial charge in [-0.15, -0.1) is 0 Å². The summed E-state index contributed by atoms with van der Waals surface area (Å²) >= 11 is 0. The molecule has 40 heavy (non-hydrogen) atoms. The molecule has 3 aliphatic rings. The summed E-state index contributed by atoms with van der Waals surface area (Å²) in [7, 11) is 1.15. The molecule has 3 aromatic rings. The third kappa shape index (κ3) is 3.02. The Kier molecular flexibility index (Phi) is 5.39. The molecule has 2 atom stereocenters. The Hall–Kier alpha value is -4.96. The van der Waals surface area contributed by atoms with Crippen LogP contribution in [0.25, 0.3) is 16.8 Å². The highest BCUT2D eigenvalue weighted by atomic mass is 16.5. The van der Waals surface area contributed by atoms with E-state index in [1.807, 2.05) is 13.0 Å². The maximum atomic E-state index is 14.1. The van der Waals surface area contributed by atoms with Gasteiger partial charge in [-0.25, -0.2) is 0 Å². The number of carbonyl (C=O) groups is 3. The quantitative estimate of drug-likeness (QED) is 0.246. The molecule has 1 spiro atoms. The van der Waals surface area contributed by atoms with Crippen LogP contribution in [0.5, 0.6) is 17.2 Å². The molecule has 2 unspecified atom stereocenters. The molecule has 202 valence electrons. The topological polar surface area (TPSA) is 174 Å². The highest BCUT2D eigenvalue weighted by molar-refractivity contribution is 6.28. The van der Waals surface area contributed by atoms with Gasteiger partial charge in [-0.1, -0.05) is 24.3 Å². The summed E-state index contributed by atoms with van der Waals surface area (Å²) in [6.45, 7) is 1.85. The predicted molar refractivity (Wildman–Crippen MR) is 143 cm³/mol. The second kappa shape index (κ2) is 8.52. The summed E-state index contributed by atoms with van der Waals surface area (Å²) in [4.78, 5) is 55.5. The number of allylic oxidation sites excluding steroid dienone is 5. The van der Waals surface area contributed by atoms with E-state index in [1.54, 1.807) is 30.4 Å². The van der Waals surface area contributed by atoms with E-state index in [9.17, 15) is 39.6 Å². The monoisotopic (exact) mass is 541 g/mol. The lowest BCUT2D eigenvalue weighted by molar-refractivity contribution is 0.0627. The van der Waals surface area contributed by atoms with Crippen LogP contribution in [0.2, 0.25) is 0 Å². The van der Waals surface area contributed by atoms with Gasteiger partial charge < -0.3 is 30.1 Å². The number of ketones is 3. The number of ether oxygens (including phenoxy) is 1. The summed E-state index contributed by atoms with van der Waals surface area (Å²) in [5.74, 6) is -5.19. The Morgan fingerprint density at radius 2 is 1.75 bits per heavy atom. The highest BCUT2D eigenvalue weighted by Gasteiger charge is 2.61. The number of nitrogens with one attached hydrogen (secondary N) is 1. The summed E-state index contributed by atoms with van der Waals surface area (Å²) in [6.07, 6.45) is 6.28. The van der Waals surface area contributed by atoms with E-state index >= 15 is 0 Å². The van der Waals surface area contributed by atoms with E-state index < -0.39 is 73.9 Å². The molecule has 0 saturated carbocycles. The number of aromatic hydroxyl groups is 3. The number of rotatable bonds is 3. The maximum Gasteiger partial charge on any atom is 0.260 e. The van der Waals surface area contributed by atoms with Crippen LogP contribution in [0, 0.1) is 0 Å². The molecular formula is C30H23NO9. The lowest BCUT2D eigenvalue weighted by Crippen LogP contribution is -2.34. The Morgan fingerprint density at radius 1 is 1.00 bits per heavy atom. The van der Waals surface area contributed by atoms with Crippen molar-refractivity contribution >= 4 is 34.2 Å². The minimum atomic E-state index is -1.88. The molecule has 0 saturated heterocycles. The van der Waals surface area contributed by atoms with Crippen molar-refractivity contribution in [1.82, 2.24) is 4.98 Å². The van der Waals surface area contributed by atoms with Crippen LogP contribution in [0.1, 0.15) is 72.9 Å². The molecule has 10 nitrogen and oxygen atoms in total. The first-order valence-corrected chi connectivity index (χ1v) is 12.5. The highest BCUT2D eigenvalue weighted by Crippen LogP contribution is 2.62. The fourth-order valence-electron chi connectivity index (χ4n) is 6.33. The summed E-state index contributed by atoms with van der Waals surface area (Å²) in [6, 6.07) is 3.34. The third-order valence-electron chi connectivity index (χ3n) is 8.06. The Bertz CT molecular complexity index is 1870. The number of fused-ring (bicyclic) bond motifs is 5. The largest absolute Gasteiger partial charge is 0.507 e. The van der Waals surface area contributed by atoms with Gasteiger partial charge in [-0.05, 0) is 42.9 Å². The number of aromatic amines is 1. The number of aliphatic hydroxyl groups is 1. The van der Waals surface area contributed by atoms with Crippen molar-refractivity contribution in [2.24, 2.45) is 0 Å². The van der Waals surface area contributed by atoms with Crippen molar-refractivity contribution in [3.05, 3.63) is 91.6 Å². The molecule has 0 amide bonds. The van der Waals surface area contributed by atoms with Crippen LogP contribution in [0.15, 0.2) is 47.0 Å². The first-order chi connectivity index (χ1) is 19.1. The fraction of sp³-hybridized carbons (Fsp3) is 0.200. The van der Waals surface area contributed by atoms with Crippen LogP contribution in [-0.4, -0.2) is 49.9 Å². The lowest BCUT2D eigenvalue weighted by Gasteiger charge is -2.28. The third-order valence-corrected chi connectivity index (χ3v) is 8.06. The van der Waals surface area contributed by atoms with Crippen LogP contribution < -0.4 is 5.56 Å². The standard InChI is InChI=1S/C30H23NO9/c1-3-4-5-6-14-10-13-9-12-7-8-30(22(12)26(36)17(13)29(39)31-14)27(37)20-21(28(30)38)25(35)19-18(24(20)34)15(32)11-16(40-2)23(19)33/h3-6,9-11,27,34-37H,7-8H2,1-2H3,(H,31,39)/b4-3+,6-5+. The second-order valence-corrected chi connectivity index (χ2v) is 10.0. The lowest BCUT2D eigenvalue weighted by atomic mass is 9.75. The number of aliphatic hydroxyl groups excluding tert-OH is 1. The SMILES string of the molecule is C/C=C/C=C/c1cc2cc3c(c(O)c2c(=O)[nH]1)C1(CC3)C(=O)c2c(O)c3c(c(O)c2C1O)C(=O)C=C(OC)C3=O. The Labute approximate surface area is 226 Å². The molecule has 0 fully saturated rings. The van der Waals surface area contributed by atoms with Gasteiger partial charge in [0.25, 0.3) is 5.56 Å². The number of aryl methyl sites for hydroxylation is 1. The van der Waals surface area contributed by atoms with E-state index in [4.69, 9.17) is 4.74 Å². The number of benzene rings is 2. The van der Waals surface area contributed by atoms with Crippen molar-refractivity contribution in [1.29, 1.82) is 0 Å². The first kappa shape index (κ1) is 25.3. The normalized spacial score (nSPS) is 21.5. The number of phenols is 3. The zero-order chi connectivity index (χ0) is 28.7. The average Bonchev–Trinajstić information content (AvgIpc) is 3.40. The van der Waals surface area contributed by atoms with Crippen molar-refractivity contribution < 1.29 is 39.5 Å². The summed E-state index contributed by atoms with van der Waals surface area (Å²) in [5.41, 5.74) is -3.60. The number of phenolic OH excluding ortho intramolecular Hbond substituents is 3. The van der Waals surface area contributed by atoms with Gasteiger partial charge in [0.2, 0.25) is 5.78 Å². The van der Waals surface area contributed by atoms with Crippen LogP contribution in [0.4, 0.5) is 0 Å². The molecule has 5 N–H and O–H groups in total. The van der Waals surface area contributed by atoms with Gasteiger partial charge in [0, 0.05) is 22.9 Å². The zero-order valence-electron chi connectivity index (χ0n) is 21.4. The zero-order valence-corrected chi connectivity index (χ0v) is 21.4. The molecule has 1 heterocycles. The number of hydrogen-bond acceptors (Lipinski definition) is 9. The number of H-pyrrole nitrogens is 1. The number of aromatic nitrogens is 1. The minimum absolute atomic E-state index is 0.00142. The molecular weight excluding hydrogens is 518 g/mol. The van der Waals surface area contributed by atoms with E-state index in [0.717, 1.165) is 13.2 Å². The first-order valence-electron chi connectivity index (χ1n) is 12.5. The number of carbonyl (C=O) groups excluding carboxylic acids is 3. The van der Waals surface area contributed by atoms with Crippen molar-refractivity contribution in [2.45, 2.75) is 31.3 Å². The van der Waals surface area contributed by atoms with E-state index in [2.05, 4.69) is 4.98 Å². The van der Waals surface area contributed by atoms with Gasteiger partial charge >= 0.3 is 0 Å². The van der Waals surface area contributed by atoms with Gasteiger partial charge in [-0.3, -0.25) is 19.2 Å². The molecule has 10 heteroatoms. The van der Waals surface area contributed by atoms with Crippen LogP contribution >= 0.6 is 0 Å². The molecule has 6 rings (SSSR count). The molecule has 0 aliphatic heterocycles. The smallest absolute Gasteiger partial charge is 0.260 e. The van der Waals surface area contributed by atoms with Gasteiger partial charge in [-0.2, -0.15) is 0 Å². The molecule has 3 aliphatic carbocycles. The molecule has 1 aromatic heterocycles. The number of hydrogen-bond donors (Lipinski definition) is 5. The van der Waals surface area contributed by atoms with Crippen LogP contribution in [-0.2, 0) is 16.6 Å². The molecule has 2 aromatic carbocycles. The van der Waals surface area contributed by atoms with Crippen molar-refractivity contribution in [3.63, 3.8) is 0 Å². The van der Waals surface area contributed by atoms with Gasteiger partial charge in [0.05, 0.1) is 34.6 Å². The summed E-state index contributed by atoms with van der Waals surface area (Å²) < 4.78 is 4.93.